The summed E-state index contributed by atoms with van der Waals surface area (Å²) < 4.78 is 13.2. The number of ether oxygens (including phenoxy) is 2. The summed E-state index contributed by atoms with van der Waals surface area (Å²) in [6, 6.07) is 11.6. The van der Waals surface area contributed by atoms with Crippen LogP contribution < -0.4 is 9.47 Å². The summed E-state index contributed by atoms with van der Waals surface area (Å²) >= 11 is 0. The topological polar surface area (TPSA) is 90.7 Å². The Balaban J connectivity index is 1.80. The summed E-state index contributed by atoms with van der Waals surface area (Å²) in [6.45, 7) is 4.12. The monoisotopic (exact) mass is 364 g/mol. The van der Waals surface area contributed by atoms with Gasteiger partial charge in [0, 0.05) is 0 Å². The molecule has 4 rings (SSSR count). The molecule has 138 valence electrons. The van der Waals surface area contributed by atoms with Crippen molar-refractivity contribution in [3.8, 4) is 28.6 Å². The fourth-order valence-electron chi connectivity index (χ4n) is 2.82. The number of nitrogens with zero attached hydrogens (tertiary/aromatic N) is 5. The van der Waals surface area contributed by atoms with Gasteiger partial charge in [-0.05, 0) is 54.1 Å². The predicted molar refractivity (Wildman–Crippen MR) is 101 cm³/mol. The Hall–Kier alpha value is -3.42. The van der Waals surface area contributed by atoms with Crippen molar-refractivity contribution in [2.75, 3.05) is 7.11 Å². The maximum Gasteiger partial charge on any atom is 0.172 e. The quantitative estimate of drug-likeness (QED) is 0.564. The number of hydrogen-bond acceptors (Lipinski definition) is 6. The normalized spacial score (nSPS) is 12.3. The van der Waals surface area contributed by atoms with Gasteiger partial charge in [0.2, 0.25) is 0 Å². The van der Waals surface area contributed by atoms with E-state index >= 15 is 0 Å². The van der Waals surface area contributed by atoms with E-state index in [4.69, 9.17) is 14.5 Å². The smallest absolute Gasteiger partial charge is 0.172 e. The molecule has 1 atom stereocenters. The number of imidazole rings is 1. The number of tetrazole rings is 1. The second-order valence-electron chi connectivity index (χ2n) is 6.21. The lowest BCUT2D eigenvalue weighted by Crippen LogP contribution is -2.11. The Kier molecular flexibility index (Phi) is 4.45. The minimum absolute atomic E-state index is 0.0656. The van der Waals surface area contributed by atoms with Gasteiger partial charge in [0.05, 0.1) is 35.5 Å². The molecular weight excluding hydrogens is 344 g/mol. The number of rotatable bonds is 6. The maximum absolute atomic E-state index is 6.13. The fraction of sp³-hybridized carbons (Fsp3) is 0.263. The largest absolute Gasteiger partial charge is 0.493 e. The third-order valence-corrected chi connectivity index (χ3v) is 4.43. The predicted octanol–water partition coefficient (Wildman–Crippen LogP) is 3.39. The van der Waals surface area contributed by atoms with Gasteiger partial charge in [0.25, 0.3) is 0 Å². The van der Waals surface area contributed by atoms with Crippen LogP contribution in [0.3, 0.4) is 0 Å². The molecule has 2 aromatic carbocycles. The highest BCUT2D eigenvalue weighted by Crippen LogP contribution is 2.38. The van der Waals surface area contributed by atoms with Crippen molar-refractivity contribution in [2.45, 2.75) is 26.4 Å². The highest BCUT2D eigenvalue weighted by atomic mass is 16.5. The van der Waals surface area contributed by atoms with Crippen LogP contribution in [0.15, 0.2) is 42.7 Å². The molecule has 2 aromatic heterocycles. The van der Waals surface area contributed by atoms with Crippen molar-refractivity contribution in [3.05, 3.63) is 42.7 Å². The molecule has 8 nitrogen and oxygen atoms in total. The van der Waals surface area contributed by atoms with Crippen LogP contribution in [0.2, 0.25) is 0 Å². The number of aromatic nitrogens is 6. The number of fused-ring (bicyclic) bond motifs is 1. The SMILES string of the molecule is CCC(C)Oc1c(OC)cccc1-c1nc2ccc(-n3cnnn3)cc2[nH]1. The van der Waals surface area contributed by atoms with Crippen molar-refractivity contribution < 1.29 is 9.47 Å². The molecule has 0 aliphatic carbocycles. The summed E-state index contributed by atoms with van der Waals surface area (Å²) in [6.07, 6.45) is 2.52. The average molecular weight is 364 g/mol. The number of methoxy groups -OCH3 is 1. The van der Waals surface area contributed by atoms with Crippen molar-refractivity contribution in [3.63, 3.8) is 0 Å². The first-order valence-corrected chi connectivity index (χ1v) is 8.76. The van der Waals surface area contributed by atoms with E-state index in [2.05, 4.69) is 27.4 Å². The van der Waals surface area contributed by atoms with E-state index < -0.39 is 0 Å². The van der Waals surface area contributed by atoms with Crippen LogP contribution in [-0.2, 0) is 0 Å². The van der Waals surface area contributed by atoms with E-state index in [9.17, 15) is 0 Å². The van der Waals surface area contributed by atoms with Crippen LogP contribution in [0.4, 0.5) is 0 Å². The molecular formula is C19H20N6O2. The van der Waals surface area contributed by atoms with Gasteiger partial charge in [0.1, 0.15) is 12.2 Å². The van der Waals surface area contributed by atoms with E-state index in [1.54, 1.807) is 18.1 Å². The van der Waals surface area contributed by atoms with E-state index in [0.717, 1.165) is 34.5 Å². The summed E-state index contributed by atoms with van der Waals surface area (Å²) in [5.74, 6) is 2.09. The first-order chi connectivity index (χ1) is 13.2. The Morgan fingerprint density at radius 2 is 2.11 bits per heavy atom. The Labute approximate surface area is 156 Å². The van der Waals surface area contributed by atoms with Crippen molar-refractivity contribution in [2.24, 2.45) is 0 Å². The summed E-state index contributed by atoms with van der Waals surface area (Å²) in [5, 5.41) is 11.3. The van der Waals surface area contributed by atoms with Gasteiger partial charge in [-0.3, -0.25) is 0 Å². The van der Waals surface area contributed by atoms with Crippen molar-refractivity contribution in [1.82, 2.24) is 30.2 Å². The third kappa shape index (κ3) is 3.21. The minimum atomic E-state index is 0.0656. The Bertz CT molecular complexity index is 1060. The van der Waals surface area contributed by atoms with Gasteiger partial charge >= 0.3 is 0 Å². The summed E-state index contributed by atoms with van der Waals surface area (Å²) in [4.78, 5) is 8.09. The molecule has 0 spiro atoms. The number of hydrogen-bond donors (Lipinski definition) is 1. The molecule has 0 saturated carbocycles. The van der Waals surface area contributed by atoms with Gasteiger partial charge in [0.15, 0.2) is 11.5 Å². The molecule has 0 aliphatic rings. The van der Waals surface area contributed by atoms with E-state index in [-0.39, 0.29) is 6.10 Å². The zero-order valence-electron chi connectivity index (χ0n) is 15.4. The van der Waals surface area contributed by atoms with Crippen LogP contribution in [0.1, 0.15) is 20.3 Å². The molecule has 1 N–H and O–H groups in total. The van der Waals surface area contributed by atoms with Gasteiger partial charge in [-0.15, -0.1) is 5.10 Å². The van der Waals surface area contributed by atoms with E-state index in [1.807, 2.05) is 43.3 Å². The third-order valence-electron chi connectivity index (χ3n) is 4.43. The first kappa shape index (κ1) is 17.0. The maximum atomic E-state index is 6.13. The lowest BCUT2D eigenvalue weighted by Gasteiger charge is -2.18. The molecule has 27 heavy (non-hydrogen) atoms. The number of aromatic amines is 1. The van der Waals surface area contributed by atoms with Crippen LogP contribution >= 0.6 is 0 Å². The molecule has 8 heteroatoms. The van der Waals surface area contributed by atoms with Gasteiger partial charge in [-0.25, -0.2) is 9.67 Å². The molecule has 0 saturated heterocycles. The van der Waals surface area contributed by atoms with Crippen LogP contribution in [-0.4, -0.2) is 43.4 Å². The number of H-pyrrole nitrogens is 1. The van der Waals surface area contributed by atoms with Crippen LogP contribution in [0.25, 0.3) is 28.1 Å². The number of para-hydroxylation sites is 1. The zero-order chi connectivity index (χ0) is 18.8. The minimum Gasteiger partial charge on any atom is -0.493 e. The summed E-state index contributed by atoms with van der Waals surface area (Å²) in [7, 11) is 1.64. The van der Waals surface area contributed by atoms with E-state index in [1.165, 1.54) is 0 Å². The molecule has 2 heterocycles. The molecule has 1 unspecified atom stereocenters. The highest BCUT2D eigenvalue weighted by molar-refractivity contribution is 5.83. The fourth-order valence-corrected chi connectivity index (χ4v) is 2.82. The second-order valence-corrected chi connectivity index (χ2v) is 6.21. The molecule has 0 amide bonds. The van der Waals surface area contributed by atoms with Gasteiger partial charge in [-0.2, -0.15) is 0 Å². The second kappa shape index (κ2) is 7.06. The number of nitrogens with one attached hydrogen (secondary N) is 1. The lowest BCUT2D eigenvalue weighted by atomic mass is 10.1. The van der Waals surface area contributed by atoms with Gasteiger partial charge in [-0.1, -0.05) is 13.0 Å². The molecule has 0 aliphatic heterocycles. The van der Waals surface area contributed by atoms with Gasteiger partial charge < -0.3 is 14.5 Å². The number of benzene rings is 2. The lowest BCUT2D eigenvalue weighted by molar-refractivity contribution is 0.208. The average Bonchev–Trinajstić information content (AvgIpc) is 3.37. The van der Waals surface area contributed by atoms with Crippen LogP contribution in [0.5, 0.6) is 11.5 Å². The summed E-state index contributed by atoms with van der Waals surface area (Å²) in [5.41, 5.74) is 3.44. The first-order valence-electron chi connectivity index (χ1n) is 8.76. The zero-order valence-corrected chi connectivity index (χ0v) is 15.4. The van der Waals surface area contributed by atoms with E-state index in [0.29, 0.717) is 11.5 Å². The molecule has 4 aromatic rings. The van der Waals surface area contributed by atoms with Crippen molar-refractivity contribution >= 4 is 11.0 Å². The van der Waals surface area contributed by atoms with Crippen LogP contribution in [0, 0.1) is 0 Å². The highest BCUT2D eigenvalue weighted by Gasteiger charge is 2.17. The molecule has 0 radical (unpaired) electrons. The molecule has 0 bridgehead atoms. The standard InChI is InChI=1S/C19H20N6O2/c1-4-12(2)27-18-14(6-5-7-17(18)26-3)19-21-15-9-8-13(10-16(15)22-19)25-11-20-23-24-25/h5-12H,4H2,1-3H3,(H,21,22). The Morgan fingerprint density at radius 3 is 2.85 bits per heavy atom. The van der Waals surface area contributed by atoms with Crippen molar-refractivity contribution in [1.29, 1.82) is 0 Å². The Morgan fingerprint density at radius 1 is 1.22 bits per heavy atom. The molecule has 0 fully saturated rings.